The molecule has 4 nitrogen and oxygen atoms in total. The van der Waals surface area contributed by atoms with Gasteiger partial charge in [-0.3, -0.25) is 4.68 Å². The summed E-state index contributed by atoms with van der Waals surface area (Å²) in [5.41, 5.74) is 1.36. The molecule has 0 aliphatic carbocycles. The Morgan fingerprint density at radius 1 is 1.56 bits per heavy atom. The molecular weight excluding hydrogens is 268 g/mol. The summed E-state index contributed by atoms with van der Waals surface area (Å²) in [5, 5.41) is 16.6. The minimum atomic E-state index is 0.613. The molecule has 0 spiro atoms. The van der Waals surface area contributed by atoms with Gasteiger partial charge in [-0.05, 0) is 25.5 Å². The molecule has 1 N–H and O–H groups in total. The van der Waals surface area contributed by atoms with Crippen LogP contribution in [0.5, 0.6) is 0 Å². The Bertz CT molecular complexity index is 594. The van der Waals surface area contributed by atoms with Gasteiger partial charge in [0.1, 0.15) is 17.5 Å². The summed E-state index contributed by atoms with van der Waals surface area (Å²) in [6.07, 6.45) is 0.881. The lowest BCUT2D eigenvalue weighted by Gasteiger charge is -2.05. The van der Waals surface area contributed by atoms with E-state index in [-0.39, 0.29) is 0 Å². The maximum atomic E-state index is 9.07. The molecule has 0 bridgehead atoms. The molecule has 0 aliphatic heterocycles. The van der Waals surface area contributed by atoms with E-state index in [4.69, 9.17) is 16.9 Å². The van der Waals surface area contributed by atoms with E-state index < -0.39 is 0 Å². The Kier molecular flexibility index (Phi) is 3.90. The van der Waals surface area contributed by atoms with Crippen LogP contribution in [-0.2, 0) is 13.5 Å². The summed E-state index contributed by atoms with van der Waals surface area (Å²) >= 11 is 7.45. The van der Waals surface area contributed by atoms with E-state index in [2.05, 4.69) is 16.5 Å². The van der Waals surface area contributed by atoms with Gasteiger partial charge in [-0.25, -0.2) is 0 Å². The third-order valence-electron chi connectivity index (χ3n) is 2.63. The van der Waals surface area contributed by atoms with Crippen LogP contribution >= 0.6 is 22.9 Å². The summed E-state index contributed by atoms with van der Waals surface area (Å²) in [6.45, 7) is 2.59. The maximum absolute atomic E-state index is 9.07. The average Bonchev–Trinajstić information content (AvgIpc) is 2.84. The van der Waals surface area contributed by atoms with Gasteiger partial charge in [-0.2, -0.15) is 10.4 Å². The zero-order valence-corrected chi connectivity index (χ0v) is 11.8. The highest BCUT2D eigenvalue weighted by molar-refractivity contribution is 7.16. The minimum Gasteiger partial charge on any atom is -0.369 e. The van der Waals surface area contributed by atoms with Gasteiger partial charge in [0.25, 0.3) is 0 Å². The summed E-state index contributed by atoms with van der Waals surface area (Å²) in [6, 6.07) is 6.09. The van der Waals surface area contributed by atoms with Crippen LogP contribution in [-0.4, -0.2) is 16.3 Å². The second-order valence-corrected chi connectivity index (χ2v) is 5.73. The number of hydrogen-bond acceptors (Lipinski definition) is 4. The number of anilines is 1. The zero-order chi connectivity index (χ0) is 13.1. The number of nitrogens with one attached hydrogen (secondary N) is 1. The number of rotatable bonds is 4. The number of halogens is 1. The smallest absolute Gasteiger partial charge is 0.142 e. The van der Waals surface area contributed by atoms with Crippen molar-refractivity contribution in [2.45, 2.75) is 13.3 Å². The number of aryl methyl sites for hydroxylation is 2. The molecule has 2 aromatic heterocycles. The summed E-state index contributed by atoms with van der Waals surface area (Å²) in [7, 11) is 1.83. The van der Waals surface area contributed by atoms with Crippen LogP contribution in [0.25, 0.3) is 0 Å². The lowest BCUT2D eigenvalue weighted by Crippen LogP contribution is -2.09. The maximum Gasteiger partial charge on any atom is 0.142 e. The predicted octanol–water partition coefficient (Wildman–Crippen LogP) is 2.97. The number of nitrogens with zero attached hydrogens (tertiary/aromatic N) is 3. The first kappa shape index (κ1) is 12.9. The number of nitriles is 1. The second kappa shape index (κ2) is 5.42. The second-order valence-electron chi connectivity index (χ2n) is 3.93. The van der Waals surface area contributed by atoms with Crippen LogP contribution in [0.15, 0.2) is 12.1 Å². The molecule has 0 radical (unpaired) electrons. The summed E-state index contributed by atoms with van der Waals surface area (Å²) in [4.78, 5) is 1.23. The van der Waals surface area contributed by atoms with Crippen molar-refractivity contribution in [2.75, 3.05) is 11.9 Å². The van der Waals surface area contributed by atoms with Gasteiger partial charge >= 0.3 is 0 Å². The number of aromatic nitrogens is 2. The van der Waals surface area contributed by atoms with Crippen LogP contribution in [0.2, 0.25) is 4.34 Å². The van der Waals surface area contributed by atoms with Crippen molar-refractivity contribution >= 4 is 28.8 Å². The average molecular weight is 281 g/mol. The van der Waals surface area contributed by atoms with E-state index in [9.17, 15) is 0 Å². The quantitative estimate of drug-likeness (QED) is 0.937. The highest BCUT2D eigenvalue weighted by atomic mass is 35.5. The highest BCUT2D eigenvalue weighted by Crippen LogP contribution is 2.22. The van der Waals surface area contributed by atoms with Crippen molar-refractivity contribution in [2.24, 2.45) is 7.05 Å². The van der Waals surface area contributed by atoms with E-state index in [1.165, 1.54) is 4.88 Å². The van der Waals surface area contributed by atoms with Gasteiger partial charge in [0.15, 0.2) is 0 Å². The van der Waals surface area contributed by atoms with Crippen molar-refractivity contribution in [3.8, 4) is 6.07 Å². The fourth-order valence-corrected chi connectivity index (χ4v) is 2.87. The topological polar surface area (TPSA) is 53.6 Å². The monoisotopic (exact) mass is 280 g/mol. The molecular formula is C12H13ClN4S. The van der Waals surface area contributed by atoms with Crippen LogP contribution in [0, 0.1) is 18.3 Å². The SMILES string of the molecule is Cc1nn(C)c(NCCc2ccc(Cl)s2)c1C#N. The molecule has 0 fully saturated rings. The molecule has 0 saturated carbocycles. The third kappa shape index (κ3) is 2.66. The van der Waals surface area contributed by atoms with E-state index in [1.807, 2.05) is 26.1 Å². The first-order valence-electron chi connectivity index (χ1n) is 5.53. The lowest BCUT2D eigenvalue weighted by atomic mass is 10.2. The van der Waals surface area contributed by atoms with Crippen LogP contribution in [0.3, 0.4) is 0 Å². The Morgan fingerprint density at radius 2 is 2.33 bits per heavy atom. The summed E-state index contributed by atoms with van der Waals surface area (Å²) in [5.74, 6) is 0.776. The van der Waals surface area contributed by atoms with Crippen molar-refractivity contribution in [1.82, 2.24) is 9.78 Å². The van der Waals surface area contributed by atoms with Gasteiger partial charge in [0, 0.05) is 18.5 Å². The zero-order valence-electron chi connectivity index (χ0n) is 10.2. The molecule has 0 atom stereocenters. The normalized spacial score (nSPS) is 10.3. The largest absolute Gasteiger partial charge is 0.369 e. The van der Waals surface area contributed by atoms with Crippen LogP contribution < -0.4 is 5.32 Å². The Hall–Kier alpha value is -1.51. The molecule has 0 saturated heterocycles. The van der Waals surface area contributed by atoms with Crippen molar-refractivity contribution in [3.05, 3.63) is 32.6 Å². The van der Waals surface area contributed by atoms with Crippen LogP contribution in [0.4, 0.5) is 5.82 Å². The van der Waals surface area contributed by atoms with Gasteiger partial charge in [0.05, 0.1) is 10.0 Å². The molecule has 0 aromatic carbocycles. The molecule has 94 valence electrons. The molecule has 18 heavy (non-hydrogen) atoms. The minimum absolute atomic E-state index is 0.613. The third-order valence-corrected chi connectivity index (χ3v) is 3.92. The van der Waals surface area contributed by atoms with Gasteiger partial charge in [-0.1, -0.05) is 11.6 Å². The van der Waals surface area contributed by atoms with E-state index in [0.29, 0.717) is 5.56 Å². The van der Waals surface area contributed by atoms with Crippen molar-refractivity contribution in [1.29, 1.82) is 5.26 Å². The molecule has 0 aliphatic rings. The highest BCUT2D eigenvalue weighted by Gasteiger charge is 2.11. The standard InChI is InChI=1S/C12H13ClN4S/c1-8-10(7-14)12(17(2)16-8)15-6-5-9-3-4-11(13)18-9/h3-4,15H,5-6H2,1-2H3. The van der Waals surface area contributed by atoms with Gasteiger partial charge in [0.2, 0.25) is 0 Å². The van der Waals surface area contributed by atoms with E-state index >= 15 is 0 Å². The Labute approximate surface area is 115 Å². The van der Waals surface area contributed by atoms with Crippen molar-refractivity contribution in [3.63, 3.8) is 0 Å². The predicted molar refractivity (Wildman–Crippen MR) is 74.2 cm³/mol. The van der Waals surface area contributed by atoms with E-state index in [1.54, 1.807) is 16.0 Å². The number of hydrogen-bond donors (Lipinski definition) is 1. The molecule has 2 rings (SSSR count). The molecule has 0 unspecified atom stereocenters. The lowest BCUT2D eigenvalue weighted by molar-refractivity contribution is 0.757. The van der Waals surface area contributed by atoms with E-state index in [0.717, 1.165) is 28.8 Å². The molecule has 2 heterocycles. The number of thiophene rings is 1. The summed E-state index contributed by atoms with van der Waals surface area (Å²) < 4.78 is 2.51. The first-order chi connectivity index (χ1) is 8.61. The van der Waals surface area contributed by atoms with Gasteiger partial charge in [-0.15, -0.1) is 11.3 Å². The van der Waals surface area contributed by atoms with Crippen molar-refractivity contribution < 1.29 is 0 Å². The Balaban J connectivity index is 2.01. The van der Waals surface area contributed by atoms with Gasteiger partial charge < -0.3 is 5.32 Å². The fourth-order valence-electron chi connectivity index (χ4n) is 1.79. The molecule has 6 heteroatoms. The molecule has 0 amide bonds. The fraction of sp³-hybridized carbons (Fsp3) is 0.333. The molecule has 2 aromatic rings. The van der Waals surface area contributed by atoms with Crippen LogP contribution in [0.1, 0.15) is 16.1 Å². The Morgan fingerprint density at radius 3 is 2.94 bits per heavy atom. The first-order valence-corrected chi connectivity index (χ1v) is 6.73.